The summed E-state index contributed by atoms with van der Waals surface area (Å²) in [7, 11) is 0. The number of rotatable bonds is 3. The molecule has 0 aromatic heterocycles. The lowest BCUT2D eigenvalue weighted by molar-refractivity contribution is 0.174. The van der Waals surface area contributed by atoms with Crippen molar-refractivity contribution in [1.29, 1.82) is 0 Å². The van der Waals surface area contributed by atoms with Crippen molar-refractivity contribution in [2.75, 3.05) is 26.4 Å². The molecular weight excluding hydrogens is 322 g/mol. The molecule has 2 heterocycles. The van der Waals surface area contributed by atoms with Crippen LogP contribution in [-0.4, -0.2) is 32.4 Å². The van der Waals surface area contributed by atoms with Gasteiger partial charge >= 0.3 is 0 Å². The van der Waals surface area contributed by atoms with Crippen LogP contribution in [0.5, 0.6) is 11.5 Å². The minimum atomic E-state index is 0. The van der Waals surface area contributed by atoms with Crippen molar-refractivity contribution in [2.45, 2.75) is 19.3 Å². The lowest BCUT2D eigenvalue weighted by atomic mass is 10.1. The molecule has 0 radical (unpaired) electrons. The minimum Gasteiger partial charge on any atom is -0.454 e. The first-order chi connectivity index (χ1) is 9.42. The van der Waals surface area contributed by atoms with Gasteiger partial charge in [-0.15, -0.1) is 17.0 Å². The highest BCUT2D eigenvalue weighted by molar-refractivity contribution is 8.93. The zero-order valence-corrected chi connectivity index (χ0v) is 13.1. The maximum absolute atomic E-state index is 5.37. The largest absolute Gasteiger partial charge is 0.454 e. The maximum atomic E-state index is 5.37. The van der Waals surface area contributed by atoms with Gasteiger partial charge in [0.25, 0.3) is 0 Å². The molecule has 0 saturated heterocycles. The first kappa shape index (κ1) is 15.0. The lowest BCUT2D eigenvalue weighted by Gasteiger charge is -2.10. The highest BCUT2D eigenvalue weighted by Crippen LogP contribution is 2.32. The van der Waals surface area contributed by atoms with E-state index in [4.69, 9.17) is 9.47 Å². The van der Waals surface area contributed by atoms with Crippen molar-refractivity contribution >= 4 is 22.9 Å². The minimum absolute atomic E-state index is 0. The SMILES string of the molecule is Br.c1cc2c(cc1CCNC1=NCCCCN1)OCO2. The van der Waals surface area contributed by atoms with Crippen molar-refractivity contribution in [3.8, 4) is 11.5 Å². The Morgan fingerprint density at radius 1 is 1.20 bits per heavy atom. The molecule has 20 heavy (non-hydrogen) atoms. The summed E-state index contributed by atoms with van der Waals surface area (Å²) in [5.74, 6) is 2.62. The van der Waals surface area contributed by atoms with Crippen LogP contribution in [0.25, 0.3) is 0 Å². The van der Waals surface area contributed by atoms with E-state index in [2.05, 4.69) is 21.7 Å². The van der Waals surface area contributed by atoms with Gasteiger partial charge in [-0.05, 0) is 37.0 Å². The van der Waals surface area contributed by atoms with Crippen LogP contribution < -0.4 is 20.1 Å². The highest BCUT2D eigenvalue weighted by Gasteiger charge is 2.12. The molecule has 0 atom stereocenters. The second-order valence-corrected chi connectivity index (χ2v) is 4.73. The van der Waals surface area contributed by atoms with E-state index in [9.17, 15) is 0 Å². The third-order valence-electron chi connectivity index (χ3n) is 3.29. The van der Waals surface area contributed by atoms with Gasteiger partial charge < -0.3 is 20.1 Å². The van der Waals surface area contributed by atoms with Crippen molar-refractivity contribution < 1.29 is 9.47 Å². The summed E-state index contributed by atoms with van der Waals surface area (Å²) in [4.78, 5) is 4.46. The van der Waals surface area contributed by atoms with Gasteiger partial charge in [-0.25, -0.2) is 0 Å². The van der Waals surface area contributed by atoms with Gasteiger partial charge in [0.15, 0.2) is 17.5 Å². The second kappa shape index (κ2) is 7.38. The molecule has 0 amide bonds. The number of fused-ring (bicyclic) bond motifs is 1. The Labute approximate surface area is 129 Å². The Kier molecular flexibility index (Phi) is 5.52. The molecule has 0 fully saturated rings. The van der Waals surface area contributed by atoms with E-state index in [0.29, 0.717) is 6.79 Å². The van der Waals surface area contributed by atoms with E-state index in [1.54, 1.807) is 0 Å². The second-order valence-electron chi connectivity index (χ2n) is 4.73. The zero-order valence-electron chi connectivity index (χ0n) is 11.4. The summed E-state index contributed by atoms with van der Waals surface area (Å²) >= 11 is 0. The Morgan fingerprint density at radius 3 is 3.05 bits per heavy atom. The average Bonchev–Trinajstić information content (AvgIpc) is 2.74. The predicted octanol–water partition coefficient (Wildman–Crippen LogP) is 1.86. The smallest absolute Gasteiger partial charge is 0.231 e. The topological polar surface area (TPSA) is 54.9 Å². The summed E-state index contributed by atoms with van der Waals surface area (Å²) < 4.78 is 10.7. The normalized spacial score (nSPS) is 16.5. The summed E-state index contributed by atoms with van der Waals surface area (Å²) in [6, 6.07) is 6.10. The third-order valence-corrected chi connectivity index (χ3v) is 3.29. The first-order valence-electron chi connectivity index (χ1n) is 6.82. The number of ether oxygens (including phenoxy) is 2. The number of aliphatic imine (C=N–C) groups is 1. The quantitative estimate of drug-likeness (QED) is 0.881. The number of halogens is 1. The van der Waals surface area contributed by atoms with Crippen LogP contribution in [0.2, 0.25) is 0 Å². The van der Waals surface area contributed by atoms with Gasteiger partial charge in [0.2, 0.25) is 6.79 Å². The number of nitrogens with one attached hydrogen (secondary N) is 2. The molecule has 0 bridgehead atoms. The van der Waals surface area contributed by atoms with E-state index in [0.717, 1.165) is 43.5 Å². The lowest BCUT2D eigenvalue weighted by Crippen LogP contribution is -2.38. The molecule has 3 rings (SSSR count). The molecule has 0 aliphatic carbocycles. The fraction of sp³-hybridized carbons (Fsp3) is 0.500. The molecule has 0 spiro atoms. The third kappa shape index (κ3) is 3.79. The van der Waals surface area contributed by atoms with E-state index in [1.165, 1.54) is 18.4 Å². The number of nitrogens with zero attached hydrogens (tertiary/aromatic N) is 1. The van der Waals surface area contributed by atoms with Gasteiger partial charge in [-0.1, -0.05) is 6.07 Å². The predicted molar refractivity (Wildman–Crippen MR) is 84.1 cm³/mol. The van der Waals surface area contributed by atoms with Crippen LogP contribution in [0.1, 0.15) is 18.4 Å². The number of guanidine groups is 1. The summed E-state index contributed by atoms with van der Waals surface area (Å²) in [6.07, 6.45) is 3.30. The summed E-state index contributed by atoms with van der Waals surface area (Å²) in [5, 5.41) is 6.65. The van der Waals surface area contributed by atoms with E-state index in [1.807, 2.05) is 12.1 Å². The van der Waals surface area contributed by atoms with Crippen molar-refractivity contribution in [2.24, 2.45) is 4.99 Å². The van der Waals surface area contributed by atoms with Gasteiger partial charge in [0.05, 0.1) is 0 Å². The van der Waals surface area contributed by atoms with Gasteiger partial charge in [0.1, 0.15) is 0 Å². The van der Waals surface area contributed by atoms with E-state index >= 15 is 0 Å². The number of benzene rings is 1. The molecule has 0 saturated carbocycles. The first-order valence-corrected chi connectivity index (χ1v) is 6.82. The standard InChI is InChI=1S/C14H19N3O2.BrH/c1-2-7-16-14(15-6-1)17-8-5-11-3-4-12-13(9-11)19-10-18-12;/h3-4,9H,1-2,5-8,10H2,(H2,15,16,17);1H. The van der Waals surface area contributed by atoms with Gasteiger partial charge in [0, 0.05) is 19.6 Å². The van der Waals surface area contributed by atoms with Crippen LogP contribution in [0.15, 0.2) is 23.2 Å². The van der Waals surface area contributed by atoms with Crippen LogP contribution in [-0.2, 0) is 6.42 Å². The van der Waals surface area contributed by atoms with Crippen molar-refractivity contribution in [3.05, 3.63) is 23.8 Å². The number of hydrogen-bond donors (Lipinski definition) is 2. The molecule has 5 nitrogen and oxygen atoms in total. The van der Waals surface area contributed by atoms with E-state index < -0.39 is 0 Å². The molecule has 1 aromatic rings. The molecule has 1 aromatic carbocycles. The van der Waals surface area contributed by atoms with Gasteiger partial charge in [-0.3, -0.25) is 4.99 Å². The highest BCUT2D eigenvalue weighted by atomic mass is 79.9. The summed E-state index contributed by atoms with van der Waals surface area (Å²) in [6.45, 7) is 3.12. The van der Waals surface area contributed by atoms with Crippen LogP contribution in [0, 0.1) is 0 Å². The Morgan fingerprint density at radius 2 is 2.10 bits per heavy atom. The molecular formula is C14H20BrN3O2. The van der Waals surface area contributed by atoms with Crippen molar-refractivity contribution in [3.63, 3.8) is 0 Å². The Balaban J connectivity index is 0.00000147. The molecule has 2 aliphatic heterocycles. The van der Waals surface area contributed by atoms with Gasteiger partial charge in [-0.2, -0.15) is 0 Å². The van der Waals surface area contributed by atoms with E-state index in [-0.39, 0.29) is 17.0 Å². The van der Waals surface area contributed by atoms with Crippen LogP contribution in [0.3, 0.4) is 0 Å². The molecule has 110 valence electrons. The Bertz CT molecular complexity index is 479. The van der Waals surface area contributed by atoms with Crippen molar-refractivity contribution in [1.82, 2.24) is 10.6 Å². The number of hydrogen-bond acceptors (Lipinski definition) is 5. The maximum Gasteiger partial charge on any atom is 0.231 e. The zero-order chi connectivity index (χ0) is 12.9. The van der Waals surface area contributed by atoms with Crippen LogP contribution in [0.4, 0.5) is 0 Å². The van der Waals surface area contributed by atoms with Crippen LogP contribution >= 0.6 is 17.0 Å². The fourth-order valence-corrected chi connectivity index (χ4v) is 2.23. The molecule has 2 aliphatic rings. The average molecular weight is 342 g/mol. The Hall–Kier alpha value is -1.43. The molecule has 2 N–H and O–H groups in total. The molecule has 6 heteroatoms. The fourth-order valence-electron chi connectivity index (χ4n) is 2.23. The monoisotopic (exact) mass is 341 g/mol. The summed E-state index contributed by atoms with van der Waals surface area (Å²) in [5.41, 5.74) is 1.24. The molecule has 0 unspecified atom stereocenters.